The Hall–Kier alpha value is -1.22. The van der Waals surface area contributed by atoms with Crippen LogP contribution in [0.5, 0.6) is 0 Å². The van der Waals surface area contributed by atoms with Gasteiger partial charge in [-0.3, -0.25) is 10.1 Å². The highest BCUT2D eigenvalue weighted by Gasteiger charge is 2.38. The molecule has 21 heavy (non-hydrogen) atoms. The summed E-state index contributed by atoms with van der Waals surface area (Å²) < 4.78 is 26.5. The molecule has 1 fully saturated rings. The molecule has 0 atom stereocenters. The van der Waals surface area contributed by atoms with Gasteiger partial charge in [-0.15, -0.1) is 0 Å². The van der Waals surface area contributed by atoms with Gasteiger partial charge < -0.3 is 5.11 Å². The quantitative estimate of drug-likeness (QED) is 0.631. The molecule has 1 aromatic carbocycles. The van der Waals surface area contributed by atoms with Gasteiger partial charge in [-0.05, 0) is 25.0 Å². The highest BCUT2D eigenvalue weighted by atomic mass is 35.5. The molecule has 0 spiro atoms. The Balaban J connectivity index is 2.49. The summed E-state index contributed by atoms with van der Waals surface area (Å²) in [6.45, 7) is -0.413. The smallest absolute Gasteiger partial charge is 0.290 e. The molecule has 2 rings (SSSR count). The van der Waals surface area contributed by atoms with Gasteiger partial charge in [-0.25, -0.2) is 8.42 Å². The van der Waals surface area contributed by atoms with Crippen molar-refractivity contribution in [3.8, 4) is 0 Å². The maximum Gasteiger partial charge on any atom is 0.290 e. The number of aliphatic hydroxyl groups is 1. The van der Waals surface area contributed by atoms with Gasteiger partial charge in [-0.2, -0.15) is 4.31 Å². The van der Waals surface area contributed by atoms with Crippen LogP contribution in [0.2, 0.25) is 5.02 Å². The summed E-state index contributed by atoms with van der Waals surface area (Å²) in [4.78, 5) is 9.91. The van der Waals surface area contributed by atoms with Crippen LogP contribution < -0.4 is 0 Å². The Morgan fingerprint density at radius 1 is 1.43 bits per heavy atom. The van der Waals surface area contributed by atoms with Crippen LogP contribution in [0.4, 0.5) is 5.69 Å². The molecule has 1 aliphatic carbocycles. The van der Waals surface area contributed by atoms with Crippen molar-refractivity contribution in [1.82, 2.24) is 4.31 Å². The summed E-state index contributed by atoms with van der Waals surface area (Å²) in [5.74, 6) is 0. The molecule has 1 aliphatic rings. The summed E-state index contributed by atoms with van der Waals surface area (Å²) in [7, 11) is -4.04. The summed E-state index contributed by atoms with van der Waals surface area (Å²) in [6, 6.07) is 3.25. The lowest BCUT2D eigenvalue weighted by atomic mass is 9.93. The Bertz CT molecular complexity index is 645. The van der Waals surface area contributed by atoms with Gasteiger partial charge in [0.05, 0.1) is 11.5 Å². The van der Waals surface area contributed by atoms with E-state index in [4.69, 9.17) is 16.7 Å². The Kier molecular flexibility index (Phi) is 4.82. The fraction of sp³-hybridized carbons (Fsp3) is 0.500. The number of hydrogen-bond donors (Lipinski definition) is 1. The van der Waals surface area contributed by atoms with E-state index in [-0.39, 0.29) is 24.2 Å². The Morgan fingerprint density at radius 2 is 2.10 bits per heavy atom. The van der Waals surface area contributed by atoms with E-state index >= 15 is 0 Å². The average Bonchev–Trinajstić information content (AvgIpc) is 2.35. The zero-order chi connectivity index (χ0) is 15.6. The molecule has 0 aromatic heterocycles. The van der Waals surface area contributed by atoms with Gasteiger partial charge in [0.2, 0.25) is 10.0 Å². The highest BCUT2D eigenvalue weighted by molar-refractivity contribution is 7.89. The fourth-order valence-corrected chi connectivity index (χ4v) is 4.23. The Morgan fingerprint density at radius 3 is 2.57 bits per heavy atom. The third-order valence-electron chi connectivity index (χ3n) is 3.51. The van der Waals surface area contributed by atoms with E-state index in [0.717, 1.165) is 22.9 Å². The lowest BCUT2D eigenvalue weighted by Gasteiger charge is -2.36. The van der Waals surface area contributed by atoms with Crippen LogP contribution in [-0.2, 0) is 10.0 Å². The molecule has 0 aliphatic heterocycles. The lowest BCUT2D eigenvalue weighted by Crippen LogP contribution is -2.45. The number of rotatable bonds is 6. The second kappa shape index (κ2) is 6.27. The van der Waals surface area contributed by atoms with Crippen LogP contribution >= 0.6 is 11.6 Å². The normalized spacial score (nSPS) is 16.0. The standard InChI is InChI=1S/C12H15ClN2O5S/c13-9-4-5-12(11(8-9)15(17)18)21(19,20)14(6-7-16)10-2-1-3-10/h4-5,8,10,16H,1-3,6-7H2. The van der Waals surface area contributed by atoms with E-state index < -0.39 is 25.5 Å². The molecular weight excluding hydrogens is 320 g/mol. The Labute approximate surface area is 127 Å². The van der Waals surface area contributed by atoms with Crippen molar-refractivity contribution in [2.45, 2.75) is 30.2 Å². The summed E-state index contributed by atoms with van der Waals surface area (Å²) in [5.41, 5.74) is -0.551. The van der Waals surface area contributed by atoms with E-state index in [2.05, 4.69) is 0 Å². The zero-order valence-electron chi connectivity index (χ0n) is 11.1. The van der Waals surface area contributed by atoms with E-state index in [1.165, 1.54) is 6.07 Å². The maximum absolute atomic E-state index is 12.7. The molecule has 1 saturated carbocycles. The monoisotopic (exact) mass is 334 g/mol. The summed E-state index contributed by atoms with van der Waals surface area (Å²) in [5, 5.41) is 20.2. The van der Waals surface area contributed by atoms with Crippen molar-refractivity contribution < 1.29 is 18.4 Å². The number of nitro benzene ring substituents is 1. The second-order valence-corrected chi connectivity index (χ2v) is 7.09. The zero-order valence-corrected chi connectivity index (χ0v) is 12.7. The first-order valence-corrected chi connectivity index (χ1v) is 8.26. The number of nitrogens with zero attached hydrogens (tertiary/aromatic N) is 2. The summed E-state index contributed by atoms with van der Waals surface area (Å²) >= 11 is 5.70. The van der Waals surface area contributed by atoms with Crippen LogP contribution in [0.15, 0.2) is 23.1 Å². The molecule has 0 amide bonds. The first-order valence-electron chi connectivity index (χ1n) is 6.44. The van der Waals surface area contributed by atoms with E-state index in [1.807, 2.05) is 0 Å². The SMILES string of the molecule is O=[N+]([O-])c1cc(Cl)ccc1S(=O)(=O)N(CCO)C1CCC1. The minimum absolute atomic E-state index is 0.0766. The van der Waals surface area contributed by atoms with Crippen molar-refractivity contribution in [3.05, 3.63) is 33.3 Å². The minimum Gasteiger partial charge on any atom is -0.395 e. The van der Waals surface area contributed by atoms with Gasteiger partial charge in [0.15, 0.2) is 4.90 Å². The van der Waals surface area contributed by atoms with E-state index in [0.29, 0.717) is 12.8 Å². The number of hydrogen-bond acceptors (Lipinski definition) is 5. The molecule has 0 saturated heterocycles. The molecule has 116 valence electrons. The predicted octanol–water partition coefficient (Wildman–Crippen LogP) is 1.78. The third kappa shape index (κ3) is 3.18. The van der Waals surface area contributed by atoms with Gasteiger partial charge in [0.25, 0.3) is 5.69 Å². The maximum atomic E-state index is 12.7. The molecule has 1 aromatic rings. The number of benzene rings is 1. The van der Waals surface area contributed by atoms with Crippen molar-refractivity contribution in [2.75, 3.05) is 13.2 Å². The van der Waals surface area contributed by atoms with Gasteiger partial charge >= 0.3 is 0 Å². The van der Waals surface area contributed by atoms with Crippen LogP contribution in [-0.4, -0.2) is 41.9 Å². The lowest BCUT2D eigenvalue weighted by molar-refractivity contribution is -0.387. The molecule has 0 bridgehead atoms. The number of nitro groups is 1. The van der Waals surface area contributed by atoms with Crippen LogP contribution in [0.25, 0.3) is 0 Å². The van der Waals surface area contributed by atoms with Crippen molar-refractivity contribution >= 4 is 27.3 Å². The molecule has 9 heteroatoms. The molecule has 1 N–H and O–H groups in total. The molecule has 0 radical (unpaired) electrons. The fourth-order valence-electron chi connectivity index (χ4n) is 2.25. The third-order valence-corrected chi connectivity index (χ3v) is 5.74. The second-order valence-electron chi connectivity index (χ2n) is 4.79. The van der Waals surface area contributed by atoms with Gasteiger partial charge in [0.1, 0.15) is 0 Å². The molecule has 0 heterocycles. The topological polar surface area (TPSA) is 101 Å². The molecule has 0 unspecified atom stereocenters. The van der Waals surface area contributed by atoms with Gasteiger partial charge in [0, 0.05) is 23.7 Å². The largest absolute Gasteiger partial charge is 0.395 e. The van der Waals surface area contributed by atoms with Crippen LogP contribution in [0.1, 0.15) is 19.3 Å². The van der Waals surface area contributed by atoms with E-state index in [9.17, 15) is 18.5 Å². The van der Waals surface area contributed by atoms with Crippen molar-refractivity contribution in [2.24, 2.45) is 0 Å². The minimum atomic E-state index is -4.04. The number of aliphatic hydroxyl groups excluding tert-OH is 1. The van der Waals surface area contributed by atoms with Crippen molar-refractivity contribution in [3.63, 3.8) is 0 Å². The van der Waals surface area contributed by atoms with Crippen LogP contribution in [0.3, 0.4) is 0 Å². The first-order chi connectivity index (χ1) is 9.87. The number of sulfonamides is 1. The first kappa shape index (κ1) is 16.2. The van der Waals surface area contributed by atoms with Gasteiger partial charge in [-0.1, -0.05) is 18.0 Å². The highest BCUT2D eigenvalue weighted by Crippen LogP contribution is 2.34. The summed E-state index contributed by atoms with van der Waals surface area (Å²) in [6.07, 6.45) is 2.30. The molecular formula is C12H15ClN2O5S. The average molecular weight is 335 g/mol. The van der Waals surface area contributed by atoms with E-state index in [1.54, 1.807) is 0 Å². The number of halogens is 1. The molecule has 7 nitrogen and oxygen atoms in total. The predicted molar refractivity (Wildman–Crippen MR) is 76.7 cm³/mol. The van der Waals surface area contributed by atoms with Crippen molar-refractivity contribution in [1.29, 1.82) is 0 Å². The van der Waals surface area contributed by atoms with Crippen LogP contribution in [0, 0.1) is 10.1 Å².